The molecule has 2 aromatic rings. The first-order valence-electron chi connectivity index (χ1n) is 9.41. The van der Waals surface area contributed by atoms with Crippen LogP contribution in [0.3, 0.4) is 0 Å². The first-order chi connectivity index (χ1) is 13.8. The number of hydrogen-bond donors (Lipinski definition) is 1. The van der Waals surface area contributed by atoms with E-state index in [1.54, 1.807) is 11.8 Å². The zero-order chi connectivity index (χ0) is 20.8. The molecule has 1 aliphatic heterocycles. The van der Waals surface area contributed by atoms with Crippen LogP contribution in [0.4, 0.5) is 8.78 Å². The van der Waals surface area contributed by atoms with Crippen molar-refractivity contribution in [1.29, 1.82) is 0 Å². The summed E-state index contributed by atoms with van der Waals surface area (Å²) >= 11 is 0. The van der Waals surface area contributed by atoms with Gasteiger partial charge in [0.2, 0.25) is 5.91 Å². The average Bonchev–Trinajstić information content (AvgIpc) is 3.19. The number of ether oxygens (including phenoxy) is 1. The lowest BCUT2D eigenvalue weighted by Gasteiger charge is -2.28. The van der Waals surface area contributed by atoms with Crippen molar-refractivity contribution in [1.82, 2.24) is 14.7 Å². The minimum atomic E-state index is -2.93. The van der Waals surface area contributed by atoms with Gasteiger partial charge >= 0.3 is 5.97 Å². The van der Waals surface area contributed by atoms with Gasteiger partial charge in [-0.2, -0.15) is 5.10 Å². The maximum absolute atomic E-state index is 13.3. The largest absolute Gasteiger partial charge is 0.497 e. The molecule has 0 saturated heterocycles. The van der Waals surface area contributed by atoms with Crippen LogP contribution in [0.1, 0.15) is 33.7 Å². The highest BCUT2D eigenvalue weighted by molar-refractivity contribution is 5.88. The molecule has 9 heteroatoms. The maximum Gasteiger partial charge on any atom is 0.356 e. The van der Waals surface area contributed by atoms with E-state index >= 15 is 0 Å². The van der Waals surface area contributed by atoms with Crippen LogP contribution in [0.25, 0.3) is 0 Å². The number of carboxylic acid groups (broad SMARTS) is 1. The maximum atomic E-state index is 13.3. The molecule has 1 aromatic carbocycles. The quantitative estimate of drug-likeness (QED) is 0.798. The van der Waals surface area contributed by atoms with Crippen LogP contribution in [0.2, 0.25) is 0 Å². The molecular weight excluding hydrogens is 384 g/mol. The van der Waals surface area contributed by atoms with Crippen LogP contribution in [0.15, 0.2) is 24.3 Å². The van der Waals surface area contributed by atoms with Crippen LogP contribution in [0.5, 0.6) is 5.75 Å². The van der Waals surface area contributed by atoms with Crippen molar-refractivity contribution in [2.75, 3.05) is 13.7 Å². The molecule has 0 unspecified atom stereocenters. The molecule has 7 nitrogen and oxygen atoms in total. The molecule has 1 aromatic heterocycles. The molecule has 1 fully saturated rings. The second-order valence-corrected chi connectivity index (χ2v) is 7.43. The van der Waals surface area contributed by atoms with Gasteiger partial charge in [0.15, 0.2) is 5.69 Å². The summed E-state index contributed by atoms with van der Waals surface area (Å²) in [7, 11) is 1.59. The Morgan fingerprint density at radius 1 is 1.31 bits per heavy atom. The summed E-state index contributed by atoms with van der Waals surface area (Å²) in [5.74, 6) is -5.25. The van der Waals surface area contributed by atoms with Crippen LogP contribution in [-0.4, -0.2) is 51.2 Å². The number of halogens is 2. The molecule has 1 amide bonds. The second kappa shape index (κ2) is 7.13. The molecule has 4 rings (SSSR count). The Morgan fingerprint density at radius 3 is 2.59 bits per heavy atom. The number of carbonyl (C=O) groups excluding carboxylic acids is 1. The molecule has 0 spiro atoms. The van der Waals surface area contributed by atoms with Crippen molar-refractivity contribution < 1.29 is 28.2 Å². The third-order valence-electron chi connectivity index (χ3n) is 5.54. The van der Waals surface area contributed by atoms with E-state index in [4.69, 9.17) is 4.74 Å². The second-order valence-electron chi connectivity index (χ2n) is 7.43. The van der Waals surface area contributed by atoms with Crippen LogP contribution < -0.4 is 4.74 Å². The number of rotatable bonds is 6. The van der Waals surface area contributed by atoms with E-state index in [9.17, 15) is 23.5 Å². The molecular formula is C20H21F2N3O4. The minimum absolute atomic E-state index is 0.00488. The van der Waals surface area contributed by atoms with Crippen LogP contribution >= 0.6 is 0 Å². The van der Waals surface area contributed by atoms with Crippen molar-refractivity contribution >= 4 is 11.9 Å². The number of nitrogens with zero attached hydrogens (tertiary/aromatic N) is 3. The van der Waals surface area contributed by atoms with Gasteiger partial charge in [-0.3, -0.25) is 9.48 Å². The summed E-state index contributed by atoms with van der Waals surface area (Å²) < 4.78 is 33.3. The molecule has 1 atom stereocenters. The van der Waals surface area contributed by atoms with Gasteiger partial charge in [0, 0.05) is 43.7 Å². The molecule has 2 heterocycles. The smallest absolute Gasteiger partial charge is 0.356 e. The highest BCUT2D eigenvalue weighted by Gasteiger charge is 2.62. The van der Waals surface area contributed by atoms with Crippen LogP contribution in [-0.2, 0) is 30.7 Å². The Morgan fingerprint density at radius 2 is 2.00 bits per heavy atom. The standard InChI is InChI=1S/C20H21F2N3O4/c1-29-13-4-2-12(3-5-13)6-9-25-16-7-8-24(18(26)15-10-20(15,21)22)11-14(16)17(23-25)19(27)28/h2-5,15H,6-11H2,1H3,(H,27,28)/t15-/m1/s1. The van der Waals surface area contributed by atoms with Gasteiger partial charge in [-0.05, 0) is 24.1 Å². The van der Waals surface area contributed by atoms with Gasteiger partial charge in [0.05, 0.1) is 7.11 Å². The normalized spacial score (nSPS) is 19.6. The van der Waals surface area contributed by atoms with E-state index < -0.39 is 30.1 Å². The molecule has 1 N–H and O–H groups in total. The number of aryl methyl sites for hydroxylation is 2. The van der Waals surface area contributed by atoms with E-state index in [1.807, 2.05) is 24.3 Å². The summed E-state index contributed by atoms with van der Waals surface area (Å²) in [6.45, 7) is 0.771. The number of methoxy groups -OCH3 is 1. The number of carbonyl (C=O) groups is 2. The number of benzene rings is 1. The predicted molar refractivity (Wildman–Crippen MR) is 98.1 cm³/mol. The Bertz CT molecular complexity index is 955. The average molecular weight is 405 g/mol. The summed E-state index contributed by atoms with van der Waals surface area (Å²) in [6.07, 6.45) is 0.610. The highest BCUT2D eigenvalue weighted by Crippen LogP contribution is 2.49. The van der Waals surface area contributed by atoms with Crippen molar-refractivity contribution in [2.24, 2.45) is 5.92 Å². The molecule has 0 radical (unpaired) electrons. The number of aromatic carboxylic acids is 1. The fraction of sp³-hybridized carbons (Fsp3) is 0.450. The van der Waals surface area contributed by atoms with E-state index in [0.717, 1.165) is 17.0 Å². The van der Waals surface area contributed by atoms with E-state index in [0.29, 0.717) is 24.9 Å². The lowest BCUT2D eigenvalue weighted by molar-refractivity contribution is -0.135. The first-order valence-corrected chi connectivity index (χ1v) is 9.41. The monoisotopic (exact) mass is 405 g/mol. The summed E-state index contributed by atoms with van der Waals surface area (Å²) in [6, 6.07) is 7.58. The van der Waals surface area contributed by atoms with Crippen molar-refractivity contribution in [3.05, 3.63) is 46.8 Å². The zero-order valence-electron chi connectivity index (χ0n) is 15.9. The Kier molecular flexibility index (Phi) is 4.76. The number of amides is 1. The van der Waals surface area contributed by atoms with Crippen molar-refractivity contribution in [2.45, 2.75) is 38.3 Å². The Balaban J connectivity index is 1.51. The SMILES string of the molecule is COc1ccc(CCn2nc(C(=O)O)c3c2CCN(C(=O)[C@H]2CC2(F)F)C3)cc1. The van der Waals surface area contributed by atoms with Gasteiger partial charge in [0.1, 0.15) is 11.7 Å². The molecule has 2 aliphatic rings. The summed E-state index contributed by atoms with van der Waals surface area (Å²) in [5.41, 5.74) is 2.13. The minimum Gasteiger partial charge on any atom is -0.497 e. The van der Waals surface area contributed by atoms with E-state index in [1.165, 1.54) is 4.90 Å². The topological polar surface area (TPSA) is 84.7 Å². The molecule has 154 valence electrons. The van der Waals surface area contributed by atoms with Gasteiger partial charge in [0.25, 0.3) is 5.92 Å². The van der Waals surface area contributed by atoms with Gasteiger partial charge in [-0.25, -0.2) is 13.6 Å². The van der Waals surface area contributed by atoms with Crippen molar-refractivity contribution in [3.63, 3.8) is 0 Å². The fourth-order valence-electron chi connectivity index (χ4n) is 3.76. The van der Waals surface area contributed by atoms with E-state index in [-0.39, 0.29) is 18.8 Å². The number of carboxylic acids is 1. The fourth-order valence-corrected chi connectivity index (χ4v) is 3.76. The number of fused-ring (bicyclic) bond motifs is 1. The number of alkyl halides is 2. The Labute approximate surface area is 165 Å². The van der Waals surface area contributed by atoms with Gasteiger partial charge in [-0.15, -0.1) is 0 Å². The zero-order valence-corrected chi connectivity index (χ0v) is 15.9. The molecule has 1 saturated carbocycles. The number of hydrogen-bond acceptors (Lipinski definition) is 4. The lowest BCUT2D eigenvalue weighted by atomic mass is 10.0. The molecule has 29 heavy (non-hydrogen) atoms. The summed E-state index contributed by atoms with van der Waals surface area (Å²) in [4.78, 5) is 25.3. The third kappa shape index (κ3) is 3.68. The third-order valence-corrected chi connectivity index (χ3v) is 5.54. The highest BCUT2D eigenvalue weighted by atomic mass is 19.3. The first kappa shape index (κ1) is 19.4. The number of aromatic nitrogens is 2. The summed E-state index contributed by atoms with van der Waals surface area (Å²) in [5, 5.41) is 13.7. The van der Waals surface area contributed by atoms with Gasteiger partial charge < -0.3 is 14.7 Å². The predicted octanol–water partition coefficient (Wildman–Crippen LogP) is 2.37. The Hall–Kier alpha value is -2.97. The van der Waals surface area contributed by atoms with Crippen molar-refractivity contribution in [3.8, 4) is 5.75 Å². The lowest BCUT2D eigenvalue weighted by Crippen LogP contribution is -2.38. The molecule has 0 bridgehead atoms. The van der Waals surface area contributed by atoms with Crippen LogP contribution in [0, 0.1) is 5.92 Å². The molecule has 1 aliphatic carbocycles. The van der Waals surface area contributed by atoms with E-state index in [2.05, 4.69) is 5.10 Å². The van der Waals surface area contributed by atoms with Gasteiger partial charge in [-0.1, -0.05) is 12.1 Å².